The lowest BCUT2D eigenvalue weighted by atomic mass is 10.00. The Kier molecular flexibility index (Phi) is 9.17. The summed E-state index contributed by atoms with van der Waals surface area (Å²) in [6.07, 6.45) is 8.50. The van der Waals surface area contributed by atoms with Crippen molar-refractivity contribution in [2.75, 3.05) is 38.5 Å². The molecule has 6 rings (SSSR count). The van der Waals surface area contributed by atoms with E-state index in [0.717, 1.165) is 71.4 Å². The van der Waals surface area contributed by atoms with Crippen LogP contribution in [-0.4, -0.2) is 55.3 Å². The lowest BCUT2D eigenvalue weighted by molar-refractivity contribution is -0.122. The molecule has 0 bridgehead atoms. The summed E-state index contributed by atoms with van der Waals surface area (Å²) in [5.41, 5.74) is 6.19. The minimum absolute atomic E-state index is 0.000900. The first-order valence-electron chi connectivity index (χ1n) is 15.2. The van der Waals surface area contributed by atoms with Gasteiger partial charge in [0.2, 0.25) is 6.79 Å². The molecule has 226 valence electrons. The van der Waals surface area contributed by atoms with E-state index in [9.17, 15) is 9.59 Å². The Morgan fingerprint density at radius 2 is 1.55 bits per heavy atom. The predicted octanol–water partition coefficient (Wildman–Crippen LogP) is 6.73. The summed E-state index contributed by atoms with van der Waals surface area (Å²) in [5, 5.41) is 0. The van der Waals surface area contributed by atoms with Crippen molar-refractivity contribution in [1.82, 2.24) is 9.88 Å². The van der Waals surface area contributed by atoms with Crippen molar-refractivity contribution in [2.24, 2.45) is 0 Å². The van der Waals surface area contributed by atoms with Crippen molar-refractivity contribution >= 4 is 17.5 Å². The zero-order valence-corrected chi connectivity index (χ0v) is 25.0. The third-order valence-corrected chi connectivity index (χ3v) is 8.21. The number of hydrogen-bond acceptors (Lipinski definition) is 6. The molecule has 0 spiro atoms. The van der Waals surface area contributed by atoms with E-state index in [-0.39, 0.29) is 25.2 Å². The molecule has 2 aliphatic heterocycles. The van der Waals surface area contributed by atoms with E-state index in [1.165, 1.54) is 0 Å². The number of pyridine rings is 1. The Balaban J connectivity index is 1.37. The highest BCUT2D eigenvalue weighted by Crippen LogP contribution is 2.36. The minimum Gasteiger partial charge on any atom is -0.454 e. The fourth-order valence-electron chi connectivity index (χ4n) is 5.92. The van der Waals surface area contributed by atoms with E-state index < -0.39 is 0 Å². The summed E-state index contributed by atoms with van der Waals surface area (Å²) < 4.78 is 16.3. The van der Waals surface area contributed by atoms with Gasteiger partial charge in [0.05, 0.1) is 0 Å². The highest BCUT2D eigenvalue weighted by atomic mass is 16.7. The summed E-state index contributed by atoms with van der Waals surface area (Å²) in [7, 11) is 1.54. The molecule has 3 aromatic carbocycles. The number of hydrogen-bond donors (Lipinski definition) is 0. The number of rotatable bonds is 5. The first kappa shape index (κ1) is 29.4. The Morgan fingerprint density at radius 3 is 2.39 bits per heavy atom. The van der Waals surface area contributed by atoms with Crippen LogP contribution in [0.4, 0.5) is 5.69 Å². The van der Waals surface area contributed by atoms with Gasteiger partial charge in [0, 0.05) is 50.4 Å². The van der Waals surface area contributed by atoms with E-state index in [4.69, 9.17) is 14.2 Å². The average Bonchev–Trinajstić information content (AvgIpc) is 3.53. The van der Waals surface area contributed by atoms with E-state index in [2.05, 4.69) is 11.1 Å². The predicted molar refractivity (Wildman–Crippen MR) is 170 cm³/mol. The molecule has 8 nitrogen and oxygen atoms in total. The van der Waals surface area contributed by atoms with Gasteiger partial charge in [-0.3, -0.25) is 14.6 Å². The highest BCUT2D eigenvalue weighted by Gasteiger charge is 2.24. The van der Waals surface area contributed by atoms with Gasteiger partial charge in [0.25, 0.3) is 11.8 Å². The number of carbonyl (C=O) groups excluding carboxylic acids is 2. The zero-order chi connectivity index (χ0) is 30.3. The smallest absolute Gasteiger partial charge is 0.254 e. The standard InChI is InChI=1S/C36H37N3O5/c1-42-24-35(40)39-18-6-4-2-3-5-17-38(23-31-20-27(12-14-32(31)39)30-11-8-16-37-22-30)36(41)29-10-7-9-26(19-29)28-13-15-33-34(21-28)44-25-43-33/h7-16,19-22H,2-6,17-18,23-25H2,1H3. The van der Waals surface area contributed by atoms with Crippen LogP contribution in [0.5, 0.6) is 11.5 Å². The van der Waals surface area contributed by atoms with Crippen molar-refractivity contribution in [2.45, 2.75) is 38.6 Å². The number of methoxy groups -OCH3 is 1. The van der Waals surface area contributed by atoms with Crippen LogP contribution < -0.4 is 14.4 Å². The maximum Gasteiger partial charge on any atom is 0.254 e. The second-order valence-corrected chi connectivity index (χ2v) is 11.2. The quantitative estimate of drug-likeness (QED) is 0.256. The Labute approximate surface area is 258 Å². The van der Waals surface area contributed by atoms with Crippen molar-refractivity contribution < 1.29 is 23.8 Å². The third kappa shape index (κ3) is 6.60. The normalized spacial score (nSPS) is 15.2. The zero-order valence-electron chi connectivity index (χ0n) is 25.0. The van der Waals surface area contributed by atoms with Crippen LogP contribution in [0.25, 0.3) is 22.3 Å². The highest BCUT2D eigenvalue weighted by molar-refractivity contribution is 5.97. The van der Waals surface area contributed by atoms with Crippen molar-refractivity contribution in [3.8, 4) is 33.8 Å². The molecule has 3 heterocycles. The summed E-state index contributed by atoms with van der Waals surface area (Å²) in [6.45, 7) is 1.81. The monoisotopic (exact) mass is 591 g/mol. The van der Waals surface area contributed by atoms with Gasteiger partial charge in [-0.1, -0.05) is 49.6 Å². The molecule has 44 heavy (non-hydrogen) atoms. The molecule has 0 N–H and O–H groups in total. The maximum atomic E-state index is 14.2. The largest absolute Gasteiger partial charge is 0.454 e. The Bertz CT molecular complexity index is 1620. The summed E-state index contributed by atoms with van der Waals surface area (Å²) in [5.74, 6) is 1.30. The molecule has 8 heteroatoms. The van der Waals surface area contributed by atoms with E-state index in [1.54, 1.807) is 13.3 Å². The van der Waals surface area contributed by atoms with Crippen molar-refractivity contribution in [3.63, 3.8) is 0 Å². The van der Waals surface area contributed by atoms with E-state index in [0.29, 0.717) is 30.9 Å². The number of carbonyl (C=O) groups is 2. The van der Waals surface area contributed by atoms with Gasteiger partial charge in [-0.2, -0.15) is 0 Å². The second kappa shape index (κ2) is 13.7. The molecule has 0 saturated carbocycles. The molecule has 0 radical (unpaired) electrons. The molecular formula is C36H37N3O5. The number of amides is 2. The molecule has 1 aromatic heterocycles. The fraction of sp³-hybridized carbons (Fsp3) is 0.306. The average molecular weight is 592 g/mol. The summed E-state index contributed by atoms with van der Waals surface area (Å²) >= 11 is 0. The van der Waals surface area contributed by atoms with Gasteiger partial charge in [0.15, 0.2) is 11.5 Å². The minimum atomic E-state index is -0.0887. The molecule has 4 aromatic rings. The van der Waals surface area contributed by atoms with Crippen LogP contribution in [-0.2, 0) is 16.1 Å². The molecule has 0 fully saturated rings. The van der Waals surface area contributed by atoms with Gasteiger partial charge in [-0.25, -0.2) is 0 Å². The number of aromatic nitrogens is 1. The fourth-order valence-corrected chi connectivity index (χ4v) is 5.92. The maximum absolute atomic E-state index is 14.2. The first-order valence-corrected chi connectivity index (χ1v) is 15.2. The number of ether oxygens (including phenoxy) is 3. The lowest BCUT2D eigenvalue weighted by Gasteiger charge is -2.30. The Morgan fingerprint density at radius 1 is 0.795 bits per heavy atom. The molecule has 2 amide bonds. The summed E-state index contributed by atoms with van der Waals surface area (Å²) in [6, 6.07) is 23.6. The lowest BCUT2D eigenvalue weighted by Crippen LogP contribution is -2.37. The van der Waals surface area contributed by atoms with Crippen LogP contribution in [0, 0.1) is 0 Å². The van der Waals surface area contributed by atoms with Crippen LogP contribution >= 0.6 is 0 Å². The van der Waals surface area contributed by atoms with Gasteiger partial charge in [-0.15, -0.1) is 0 Å². The topological polar surface area (TPSA) is 81.2 Å². The van der Waals surface area contributed by atoms with E-state index >= 15 is 0 Å². The molecule has 0 saturated heterocycles. The van der Waals surface area contributed by atoms with Crippen LogP contribution in [0.3, 0.4) is 0 Å². The van der Waals surface area contributed by atoms with Gasteiger partial charge < -0.3 is 24.0 Å². The number of fused-ring (bicyclic) bond motifs is 2. The van der Waals surface area contributed by atoms with Crippen molar-refractivity contribution in [1.29, 1.82) is 0 Å². The summed E-state index contributed by atoms with van der Waals surface area (Å²) in [4.78, 5) is 35.6. The van der Waals surface area contributed by atoms with Crippen molar-refractivity contribution in [3.05, 3.63) is 96.3 Å². The van der Waals surface area contributed by atoms with Crippen LogP contribution in [0.2, 0.25) is 0 Å². The SMILES string of the molecule is COCC(=O)N1CCCCCCCN(C(=O)c2cccc(-c3ccc4c(c3)OCO4)c2)Cc2cc(-c3cccnc3)ccc21. The molecule has 2 aliphatic rings. The number of benzene rings is 3. The van der Waals surface area contributed by atoms with Crippen LogP contribution in [0.15, 0.2) is 85.2 Å². The van der Waals surface area contributed by atoms with Crippen LogP contribution in [0.1, 0.15) is 48.0 Å². The number of nitrogens with zero attached hydrogens (tertiary/aromatic N) is 3. The van der Waals surface area contributed by atoms with Gasteiger partial charge in [0.1, 0.15) is 6.61 Å². The first-order chi connectivity index (χ1) is 21.6. The molecule has 0 aliphatic carbocycles. The van der Waals surface area contributed by atoms with Gasteiger partial charge in [-0.05, 0) is 83.1 Å². The second-order valence-electron chi connectivity index (χ2n) is 11.2. The molecular weight excluding hydrogens is 554 g/mol. The number of anilines is 1. The van der Waals surface area contributed by atoms with E-state index in [1.807, 2.05) is 82.7 Å². The van der Waals surface area contributed by atoms with Gasteiger partial charge >= 0.3 is 0 Å². The molecule has 0 atom stereocenters. The third-order valence-electron chi connectivity index (χ3n) is 8.21. The molecule has 0 unspecified atom stereocenters. The Hall–Kier alpha value is -4.69.